The monoisotopic (exact) mass is 872 g/mol. The highest BCUT2D eigenvalue weighted by Crippen LogP contribution is 2.53. The Bertz CT molecular complexity index is 3700. The second-order valence-electron chi connectivity index (χ2n) is 20.2. The van der Waals surface area contributed by atoms with Crippen LogP contribution in [0.4, 0.5) is 0 Å². The molecule has 0 fully saturated rings. The summed E-state index contributed by atoms with van der Waals surface area (Å²) in [6.07, 6.45) is 5.69. The van der Waals surface area contributed by atoms with Crippen LogP contribution in [0, 0.1) is 0 Å². The number of aromatic nitrogens is 2. The number of rotatable bonds is 8. The molecule has 9 aromatic carbocycles. The Morgan fingerprint density at radius 3 is 1.18 bits per heavy atom. The summed E-state index contributed by atoms with van der Waals surface area (Å²) in [7, 11) is 0. The molecular formula is C66H52N2. The zero-order valence-corrected chi connectivity index (χ0v) is 39.2. The van der Waals surface area contributed by atoms with Crippen LogP contribution in [0.15, 0.2) is 207 Å². The normalized spacial score (nSPS) is 14.1. The average molecular weight is 873 g/mol. The van der Waals surface area contributed by atoms with E-state index in [4.69, 9.17) is 0 Å². The van der Waals surface area contributed by atoms with Crippen LogP contribution in [0.5, 0.6) is 0 Å². The van der Waals surface area contributed by atoms with Crippen molar-refractivity contribution in [2.24, 2.45) is 0 Å². The lowest BCUT2D eigenvalue weighted by atomic mass is 9.82. The van der Waals surface area contributed by atoms with Crippen molar-refractivity contribution in [3.8, 4) is 55.9 Å². The lowest BCUT2D eigenvalue weighted by Gasteiger charge is -2.22. The summed E-state index contributed by atoms with van der Waals surface area (Å²) in [6, 6.07) is 69.1. The minimum atomic E-state index is -0.116. The Hall–Kier alpha value is -7.94. The van der Waals surface area contributed by atoms with Gasteiger partial charge in [-0.2, -0.15) is 0 Å². The van der Waals surface area contributed by atoms with Crippen molar-refractivity contribution in [1.29, 1.82) is 0 Å². The van der Waals surface area contributed by atoms with Gasteiger partial charge in [-0.25, -0.2) is 0 Å². The highest BCUT2D eigenvalue weighted by Gasteiger charge is 2.37. The van der Waals surface area contributed by atoms with Gasteiger partial charge in [-0.1, -0.05) is 143 Å². The first kappa shape index (κ1) is 40.3. The predicted molar refractivity (Wildman–Crippen MR) is 289 cm³/mol. The molecule has 0 bridgehead atoms. The second-order valence-corrected chi connectivity index (χ2v) is 20.2. The topological polar surface area (TPSA) is 9.86 Å². The molecule has 2 heteroatoms. The van der Waals surface area contributed by atoms with E-state index in [1.54, 1.807) is 0 Å². The number of benzene rings is 9. The Labute approximate surface area is 398 Å². The highest BCUT2D eigenvalue weighted by atomic mass is 15.0. The molecule has 2 aliphatic rings. The van der Waals surface area contributed by atoms with Crippen LogP contribution < -0.4 is 0 Å². The molecule has 2 nitrogen and oxygen atoms in total. The van der Waals surface area contributed by atoms with Gasteiger partial charge in [0, 0.05) is 43.7 Å². The van der Waals surface area contributed by atoms with E-state index in [0.717, 1.165) is 12.8 Å². The number of nitrogens with zero attached hydrogens (tertiary/aromatic N) is 2. The molecule has 0 amide bonds. The Kier molecular flexibility index (Phi) is 8.77. The van der Waals surface area contributed by atoms with Crippen LogP contribution in [0.1, 0.15) is 61.1 Å². The van der Waals surface area contributed by atoms with Crippen molar-refractivity contribution < 1.29 is 0 Å². The molecule has 0 saturated heterocycles. The molecule has 0 unspecified atom stereocenters. The van der Waals surface area contributed by atoms with Crippen LogP contribution in [0.2, 0.25) is 0 Å². The van der Waals surface area contributed by atoms with Gasteiger partial charge in [-0.05, 0) is 170 Å². The first-order valence-electron chi connectivity index (χ1n) is 24.1. The van der Waals surface area contributed by atoms with Gasteiger partial charge in [-0.15, -0.1) is 13.2 Å². The van der Waals surface area contributed by atoms with Crippen LogP contribution >= 0.6 is 0 Å². The minimum absolute atomic E-state index is 0.116. The standard InChI is InChI=1S/C66H52N2/c1-7-14-41-22-32-63-55(34-41)49-18-9-11-20-61(49)67(63)47-26-30-59-53(39-47)51-37-45(24-28-57(51)65(59,3)4)43-16-13-17-44(36-43)46-25-29-58-52(38-46)54-40-48(27-31-60(54)66(58,5)6)68-62-21-12-10-19-50(62)56-35-42(15-8-2)23-33-64(56)68/h7-13,16-40H,1-2,14-15H2,3-6H3. The Balaban J connectivity index is 0.888. The molecule has 0 atom stereocenters. The molecule has 0 aliphatic heterocycles. The third-order valence-electron chi connectivity index (χ3n) is 15.6. The summed E-state index contributed by atoms with van der Waals surface area (Å²) in [5.74, 6) is 0. The summed E-state index contributed by atoms with van der Waals surface area (Å²) in [6.45, 7) is 17.5. The van der Waals surface area contributed by atoms with E-state index < -0.39 is 0 Å². The summed E-state index contributed by atoms with van der Waals surface area (Å²) in [5, 5.41) is 5.11. The van der Waals surface area contributed by atoms with Crippen LogP contribution in [0.3, 0.4) is 0 Å². The number of hydrogen-bond donors (Lipinski definition) is 0. The second kappa shape index (κ2) is 14.8. The van der Waals surface area contributed by atoms with E-state index in [1.165, 1.54) is 133 Å². The molecular weight excluding hydrogens is 821 g/mol. The minimum Gasteiger partial charge on any atom is -0.309 e. The lowest BCUT2D eigenvalue weighted by molar-refractivity contribution is 0.660. The molecule has 0 radical (unpaired) electrons. The number of fused-ring (bicyclic) bond motifs is 12. The van der Waals surface area contributed by atoms with E-state index in [0.29, 0.717) is 0 Å². The van der Waals surface area contributed by atoms with Gasteiger partial charge in [0.2, 0.25) is 0 Å². The van der Waals surface area contributed by atoms with Crippen molar-refractivity contribution in [2.45, 2.75) is 51.4 Å². The fourth-order valence-electron chi connectivity index (χ4n) is 12.2. The maximum absolute atomic E-state index is 4.00. The van der Waals surface area contributed by atoms with Crippen LogP contribution in [0.25, 0.3) is 99.5 Å². The molecule has 0 N–H and O–H groups in total. The zero-order valence-electron chi connectivity index (χ0n) is 39.2. The molecule has 2 aromatic heterocycles. The van der Waals surface area contributed by atoms with Gasteiger partial charge >= 0.3 is 0 Å². The highest BCUT2D eigenvalue weighted by molar-refractivity contribution is 6.11. The van der Waals surface area contributed by atoms with Gasteiger partial charge in [-0.3, -0.25) is 0 Å². The van der Waals surface area contributed by atoms with Gasteiger partial charge in [0.25, 0.3) is 0 Å². The first-order chi connectivity index (χ1) is 33.1. The Morgan fingerprint density at radius 2 is 0.735 bits per heavy atom. The van der Waals surface area contributed by atoms with Crippen LogP contribution in [-0.4, -0.2) is 9.13 Å². The van der Waals surface area contributed by atoms with Gasteiger partial charge in [0.15, 0.2) is 0 Å². The van der Waals surface area contributed by atoms with Crippen molar-refractivity contribution in [2.75, 3.05) is 0 Å². The smallest absolute Gasteiger partial charge is 0.0541 e. The third-order valence-corrected chi connectivity index (χ3v) is 15.6. The maximum Gasteiger partial charge on any atom is 0.0541 e. The quantitative estimate of drug-likeness (QED) is 0.135. The Morgan fingerprint density at radius 1 is 0.353 bits per heavy atom. The fourth-order valence-corrected chi connectivity index (χ4v) is 12.2. The molecule has 2 heterocycles. The fraction of sp³-hybridized carbons (Fsp3) is 0.121. The van der Waals surface area contributed by atoms with Gasteiger partial charge in [0.05, 0.1) is 22.1 Å². The summed E-state index contributed by atoms with van der Waals surface area (Å²) in [5.41, 5.74) is 25.2. The van der Waals surface area contributed by atoms with Crippen molar-refractivity contribution >= 4 is 43.6 Å². The van der Waals surface area contributed by atoms with E-state index in [-0.39, 0.29) is 10.8 Å². The van der Waals surface area contributed by atoms with Crippen LogP contribution in [-0.2, 0) is 23.7 Å². The summed E-state index contributed by atoms with van der Waals surface area (Å²) < 4.78 is 4.89. The third kappa shape index (κ3) is 5.83. The number of allylic oxidation sites excluding steroid dienone is 2. The van der Waals surface area contributed by atoms with E-state index in [1.807, 2.05) is 12.2 Å². The molecule has 0 spiro atoms. The number of hydrogen-bond acceptors (Lipinski definition) is 0. The van der Waals surface area contributed by atoms with E-state index in [2.05, 4.69) is 232 Å². The largest absolute Gasteiger partial charge is 0.309 e. The molecule has 13 rings (SSSR count). The van der Waals surface area contributed by atoms with Gasteiger partial charge < -0.3 is 9.13 Å². The zero-order chi connectivity index (χ0) is 46.1. The number of para-hydroxylation sites is 2. The lowest BCUT2D eigenvalue weighted by Crippen LogP contribution is -2.14. The summed E-state index contributed by atoms with van der Waals surface area (Å²) in [4.78, 5) is 0. The SMILES string of the molecule is C=CCc1ccc2c(c1)c1ccccc1n2-c1ccc2c(c1)-c1cc(-c3cccc(-c4ccc5c(c4)-c4cc(-n6c7ccccc7c7cc(CC=C)ccc76)ccc4C5(C)C)c3)ccc1C2(C)C. The van der Waals surface area contributed by atoms with E-state index in [9.17, 15) is 0 Å². The van der Waals surface area contributed by atoms with Crippen molar-refractivity contribution in [3.05, 3.63) is 241 Å². The first-order valence-corrected chi connectivity index (χ1v) is 24.1. The molecule has 326 valence electrons. The molecule has 11 aromatic rings. The molecule has 2 aliphatic carbocycles. The molecule has 0 saturated carbocycles. The maximum atomic E-state index is 4.00. The van der Waals surface area contributed by atoms with Crippen molar-refractivity contribution in [1.82, 2.24) is 9.13 Å². The average Bonchev–Trinajstić information content (AvgIpc) is 4.02. The van der Waals surface area contributed by atoms with E-state index >= 15 is 0 Å². The van der Waals surface area contributed by atoms with Crippen molar-refractivity contribution in [3.63, 3.8) is 0 Å². The summed E-state index contributed by atoms with van der Waals surface area (Å²) >= 11 is 0. The molecule has 68 heavy (non-hydrogen) atoms. The van der Waals surface area contributed by atoms with Gasteiger partial charge in [0.1, 0.15) is 0 Å². The predicted octanol–water partition coefficient (Wildman–Crippen LogP) is 17.3.